The smallest absolute Gasteiger partial charge is 0.422 e. The molecule has 8 heteroatoms. The molecule has 0 aromatic heterocycles. The zero-order valence-electron chi connectivity index (χ0n) is 11.8. The second kappa shape index (κ2) is 6.53. The standard InChI is InChI=1S/C11H23N3O4S/c1-7(2)18-11(15)14-19(16,17)13-10-6-5-8(3)12-9(10)4/h7-10,12-13H,5-6H2,1-4H3,(H,14,15). The minimum Gasteiger partial charge on any atom is -0.446 e. The molecule has 3 atom stereocenters. The van der Waals surface area contributed by atoms with Crippen molar-refractivity contribution in [1.29, 1.82) is 0 Å². The van der Waals surface area contributed by atoms with Gasteiger partial charge in [-0.1, -0.05) is 0 Å². The molecule has 3 unspecified atom stereocenters. The highest BCUT2D eigenvalue weighted by atomic mass is 32.2. The van der Waals surface area contributed by atoms with Crippen molar-refractivity contribution in [3.63, 3.8) is 0 Å². The summed E-state index contributed by atoms with van der Waals surface area (Å²) in [6, 6.07) is 0.150. The van der Waals surface area contributed by atoms with Gasteiger partial charge in [0.25, 0.3) is 0 Å². The molecule has 1 rings (SSSR count). The van der Waals surface area contributed by atoms with E-state index >= 15 is 0 Å². The number of ether oxygens (including phenoxy) is 1. The van der Waals surface area contributed by atoms with E-state index in [-0.39, 0.29) is 18.2 Å². The first kappa shape index (κ1) is 16.2. The highest BCUT2D eigenvalue weighted by Crippen LogP contribution is 2.13. The zero-order chi connectivity index (χ0) is 14.6. The quantitative estimate of drug-likeness (QED) is 0.701. The summed E-state index contributed by atoms with van der Waals surface area (Å²) in [6.07, 6.45) is 0.280. The van der Waals surface area contributed by atoms with Gasteiger partial charge in [-0.25, -0.2) is 9.52 Å². The van der Waals surface area contributed by atoms with E-state index in [1.807, 2.05) is 11.6 Å². The fourth-order valence-electron chi connectivity index (χ4n) is 2.07. The summed E-state index contributed by atoms with van der Waals surface area (Å²) >= 11 is 0. The molecule has 1 aliphatic rings. The van der Waals surface area contributed by atoms with Crippen molar-refractivity contribution in [3.8, 4) is 0 Å². The van der Waals surface area contributed by atoms with E-state index in [0.717, 1.165) is 12.8 Å². The van der Waals surface area contributed by atoms with E-state index in [0.29, 0.717) is 6.04 Å². The van der Waals surface area contributed by atoms with Gasteiger partial charge >= 0.3 is 16.3 Å². The van der Waals surface area contributed by atoms with Crippen LogP contribution >= 0.6 is 0 Å². The molecular weight excluding hydrogens is 270 g/mol. The number of rotatable bonds is 4. The highest BCUT2D eigenvalue weighted by molar-refractivity contribution is 7.88. The third-order valence-electron chi connectivity index (χ3n) is 2.93. The Labute approximate surface area is 114 Å². The Hall–Kier alpha value is -0.860. The van der Waals surface area contributed by atoms with E-state index in [2.05, 4.69) is 17.0 Å². The second-order valence-corrected chi connectivity index (χ2v) is 6.66. The molecule has 1 saturated heterocycles. The molecule has 1 heterocycles. The summed E-state index contributed by atoms with van der Waals surface area (Å²) < 4.78 is 32.6. The molecule has 1 fully saturated rings. The van der Waals surface area contributed by atoms with Crippen LogP contribution in [0, 0.1) is 0 Å². The Balaban J connectivity index is 2.52. The summed E-state index contributed by atoms with van der Waals surface area (Å²) in [5.41, 5.74) is 0. The van der Waals surface area contributed by atoms with Crippen LogP contribution in [0.2, 0.25) is 0 Å². The fourth-order valence-corrected chi connectivity index (χ4v) is 3.11. The summed E-state index contributed by atoms with van der Waals surface area (Å²) in [5, 5.41) is 3.27. The Morgan fingerprint density at radius 1 is 1.32 bits per heavy atom. The van der Waals surface area contributed by atoms with Gasteiger partial charge in [0, 0.05) is 18.1 Å². The zero-order valence-corrected chi connectivity index (χ0v) is 12.6. The SMILES string of the molecule is CC1CCC(NS(=O)(=O)NC(=O)OC(C)C)C(C)N1. The van der Waals surface area contributed by atoms with Crippen LogP contribution < -0.4 is 14.8 Å². The van der Waals surface area contributed by atoms with Gasteiger partial charge in [-0.3, -0.25) is 0 Å². The van der Waals surface area contributed by atoms with Crippen molar-refractivity contribution in [1.82, 2.24) is 14.8 Å². The lowest BCUT2D eigenvalue weighted by Gasteiger charge is -2.34. The van der Waals surface area contributed by atoms with Crippen LogP contribution in [0.15, 0.2) is 0 Å². The van der Waals surface area contributed by atoms with Crippen molar-refractivity contribution in [2.24, 2.45) is 0 Å². The van der Waals surface area contributed by atoms with Crippen LogP contribution in [0.4, 0.5) is 4.79 Å². The van der Waals surface area contributed by atoms with E-state index in [4.69, 9.17) is 4.74 Å². The van der Waals surface area contributed by atoms with E-state index in [1.54, 1.807) is 13.8 Å². The molecule has 0 saturated carbocycles. The minimum atomic E-state index is -3.89. The van der Waals surface area contributed by atoms with Gasteiger partial charge in [-0.15, -0.1) is 0 Å². The van der Waals surface area contributed by atoms with Crippen molar-refractivity contribution in [3.05, 3.63) is 0 Å². The van der Waals surface area contributed by atoms with Gasteiger partial charge < -0.3 is 10.1 Å². The Morgan fingerprint density at radius 2 is 1.95 bits per heavy atom. The van der Waals surface area contributed by atoms with Crippen molar-refractivity contribution < 1.29 is 17.9 Å². The minimum absolute atomic E-state index is 0.0152. The summed E-state index contributed by atoms with van der Waals surface area (Å²) in [4.78, 5) is 11.3. The van der Waals surface area contributed by atoms with Crippen molar-refractivity contribution >= 4 is 16.3 Å². The lowest BCUT2D eigenvalue weighted by atomic mass is 9.96. The van der Waals surface area contributed by atoms with Gasteiger partial charge in [-0.2, -0.15) is 13.1 Å². The van der Waals surface area contributed by atoms with Gasteiger partial charge in [0.1, 0.15) is 0 Å². The highest BCUT2D eigenvalue weighted by Gasteiger charge is 2.29. The summed E-state index contributed by atoms with van der Waals surface area (Å²) in [6.45, 7) is 7.26. The number of hydrogen-bond donors (Lipinski definition) is 3. The molecule has 0 bridgehead atoms. The number of amides is 1. The first-order chi connectivity index (χ1) is 8.69. The third-order valence-corrected chi connectivity index (χ3v) is 3.98. The number of carbonyl (C=O) groups is 1. The lowest BCUT2D eigenvalue weighted by molar-refractivity contribution is 0.121. The van der Waals surface area contributed by atoms with Crippen LogP contribution in [0.3, 0.4) is 0 Å². The van der Waals surface area contributed by atoms with Crippen LogP contribution in [-0.2, 0) is 14.9 Å². The Kier molecular flexibility index (Phi) is 5.57. The van der Waals surface area contributed by atoms with Gasteiger partial charge in [0.15, 0.2) is 0 Å². The van der Waals surface area contributed by atoms with Gasteiger partial charge in [0.05, 0.1) is 6.10 Å². The van der Waals surface area contributed by atoms with Crippen LogP contribution in [0.5, 0.6) is 0 Å². The van der Waals surface area contributed by atoms with Gasteiger partial charge in [0.2, 0.25) is 0 Å². The summed E-state index contributed by atoms with van der Waals surface area (Å²) in [7, 11) is -3.89. The van der Waals surface area contributed by atoms with Crippen molar-refractivity contribution in [2.75, 3.05) is 0 Å². The molecule has 3 N–H and O–H groups in total. The normalized spacial score (nSPS) is 28.2. The molecule has 7 nitrogen and oxygen atoms in total. The molecule has 1 aliphatic heterocycles. The molecule has 1 amide bonds. The molecule has 0 spiro atoms. The first-order valence-corrected chi connectivity index (χ1v) is 7.94. The predicted molar refractivity (Wildman–Crippen MR) is 71.9 cm³/mol. The maximum Gasteiger partial charge on any atom is 0.422 e. The molecule has 0 aliphatic carbocycles. The van der Waals surface area contributed by atoms with Crippen LogP contribution in [0.25, 0.3) is 0 Å². The Bertz CT molecular complexity index is 410. The molecule has 112 valence electrons. The lowest BCUT2D eigenvalue weighted by Crippen LogP contribution is -2.57. The number of piperidine rings is 1. The summed E-state index contributed by atoms with van der Waals surface area (Å²) in [5.74, 6) is 0. The topological polar surface area (TPSA) is 96.5 Å². The number of nitrogens with one attached hydrogen (secondary N) is 3. The van der Waals surface area contributed by atoms with E-state index in [9.17, 15) is 13.2 Å². The van der Waals surface area contributed by atoms with Gasteiger partial charge in [-0.05, 0) is 40.5 Å². The molecule has 0 aromatic rings. The molecule has 19 heavy (non-hydrogen) atoms. The van der Waals surface area contributed by atoms with Crippen LogP contribution in [0.1, 0.15) is 40.5 Å². The molecular formula is C11H23N3O4S. The van der Waals surface area contributed by atoms with Crippen molar-refractivity contribution in [2.45, 2.75) is 64.8 Å². The number of hydrogen-bond acceptors (Lipinski definition) is 5. The fraction of sp³-hybridized carbons (Fsp3) is 0.909. The molecule has 0 radical (unpaired) electrons. The van der Waals surface area contributed by atoms with E-state index < -0.39 is 16.3 Å². The monoisotopic (exact) mass is 293 g/mol. The number of carbonyl (C=O) groups excluding carboxylic acids is 1. The predicted octanol–water partition coefficient (Wildman–Crippen LogP) is 0.484. The second-order valence-electron chi connectivity index (χ2n) is 5.22. The maximum atomic E-state index is 11.8. The average molecular weight is 293 g/mol. The van der Waals surface area contributed by atoms with E-state index in [1.165, 1.54) is 0 Å². The Morgan fingerprint density at radius 3 is 2.47 bits per heavy atom. The van der Waals surface area contributed by atoms with Crippen LogP contribution in [-0.4, -0.2) is 38.7 Å². The molecule has 0 aromatic carbocycles. The largest absolute Gasteiger partial charge is 0.446 e. The first-order valence-electron chi connectivity index (χ1n) is 6.46. The maximum absolute atomic E-state index is 11.8. The average Bonchev–Trinajstić information content (AvgIpc) is 2.19. The third kappa shape index (κ3) is 5.75.